The molecule has 2 N–H and O–H groups in total. The summed E-state index contributed by atoms with van der Waals surface area (Å²) in [5.41, 5.74) is -0.332. The first-order valence-electron chi connectivity index (χ1n) is 12.7. The molecule has 0 saturated carbocycles. The van der Waals surface area contributed by atoms with Crippen LogP contribution in [0.3, 0.4) is 0 Å². The van der Waals surface area contributed by atoms with Gasteiger partial charge in [-0.15, -0.1) is 0 Å². The van der Waals surface area contributed by atoms with E-state index in [4.69, 9.17) is 11.6 Å². The van der Waals surface area contributed by atoms with Crippen molar-refractivity contribution in [3.63, 3.8) is 0 Å². The number of anilines is 3. The van der Waals surface area contributed by atoms with Crippen LogP contribution in [0.4, 0.5) is 30.2 Å². The molecule has 4 rings (SSSR count). The van der Waals surface area contributed by atoms with Gasteiger partial charge < -0.3 is 5.32 Å². The van der Waals surface area contributed by atoms with Gasteiger partial charge in [-0.25, -0.2) is 16.8 Å². The lowest BCUT2D eigenvalue weighted by atomic mass is 10.1. The number of nitrogens with one attached hydrogen (secondary N) is 2. The van der Waals surface area contributed by atoms with E-state index in [1.165, 1.54) is 24.3 Å². The lowest BCUT2D eigenvalue weighted by Crippen LogP contribution is -2.38. The van der Waals surface area contributed by atoms with Crippen molar-refractivity contribution in [2.24, 2.45) is 0 Å². The molecule has 0 aliphatic heterocycles. The Hall–Kier alpha value is -4.07. The number of alkyl halides is 3. The molecule has 0 bridgehead atoms. The molecular formula is C29H25ClF3N3O5S2. The van der Waals surface area contributed by atoms with Crippen LogP contribution < -0.4 is 14.3 Å². The maximum absolute atomic E-state index is 13.6. The molecule has 0 fully saturated rings. The Balaban J connectivity index is 1.54. The quantitative estimate of drug-likeness (QED) is 0.202. The molecule has 0 atom stereocenters. The number of aryl methyl sites for hydroxylation is 1. The fourth-order valence-corrected chi connectivity index (χ4v) is 6.89. The molecule has 0 saturated heterocycles. The van der Waals surface area contributed by atoms with Gasteiger partial charge in [0, 0.05) is 11.4 Å². The summed E-state index contributed by atoms with van der Waals surface area (Å²) in [5.74, 6) is -0.694. The molecule has 0 unspecified atom stereocenters. The van der Waals surface area contributed by atoms with Crippen LogP contribution in [0.2, 0.25) is 5.02 Å². The molecule has 43 heavy (non-hydrogen) atoms. The summed E-state index contributed by atoms with van der Waals surface area (Å²) in [7, 11) is -8.45. The fourth-order valence-electron chi connectivity index (χ4n) is 4.14. The zero-order valence-corrected chi connectivity index (χ0v) is 24.9. The molecule has 4 aromatic carbocycles. The third kappa shape index (κ3) is 7.48. The number of hydrogen-bond donors (Lipinski definition) is 2. The summed E-state index contributed by atoms with van der Waals surface area (Å²) >= 11 is 5.60. The normalized spacial score (nSPS) is 12.0. The number of carbonyl (C=O) groups excluding carboxylic acids is 1. The molecule has 1 amide bonds. The molecular weight excluding hydrogens is 627 g/mol. The Morgan fingerprint density at radius 1 is 0.814 bits per heavy atom. The third-order valence-electron chi connectivity index (χ3n) is 6.23. The topological polar surface area (TPSA) is 113 Å². The van der Waals surface area contributed by atoms with Crippen LogP contribution in [0.1, 0.15) is 18.1 Å². The van der Waals surface area contributed by atoms with Gasteiger partial charge in [0.25, 0.3) is 20.0 Å². The molecule has 0 heterocycles. The molecule has 0 radical (unpaired) electrons. The Morgan fingerprint density at radius 3 is 2.05 bits per heavy atom. The van der Waals surface area contributed by atoms with Crippen LogP contribution in [-0.2, 0) is 37.4 Å². The second kappa shape index (κ2) is 12.7. The van der Waals surface area contributed by atoms with Gasteiger partial charge in [-0.2, -0.15) is 13.2 Å². The second-order valence-electron chi connectivity index (χ2n) is 9.18. The van der Waals surface area contributed by atoms with Crippen LogP contribution in [0, 0.1) is 0 Å². The highest BCUT2D eigenvalue weighted by molar-refractivity contribution is 7.93. The van der Waals surface area contributed by atoms with Gasteiger partial charge in [-0.1, -0.05) is 54.9 Å². The van der Waals surface area contributed by atoms with Gasteiger partial charge in [-0.05, 0) is 72.6 Å². The van der Waals surface area contributed by atoms with Gasteiger partial charge in [0.15, 0.2) is 0 Å². The van der Waals surface area contributed by atoms with Crippen LogP contribution >= 0.6 is 11.6 Å². The summed E-state index contributed by atoms with van der Waals surface area (Å²) in [6.07, 6.45) is -4.27. The van der Waals surface area contributed by atoms with Crippen molar-refractivity contribution in [3.05, 3.63) is 113 Å². The van der Waals surface area contributed by atoms with Gasteiger partial charge in [0.05, 0.1) is 26.1 Å². The van der Waals surface area contributed by atoms with E-state index in [9.17, 15) is 34.8 Å². The van der Waals surface area contributed by atoms with E-state index in [2.05, 4.69) is 10.0 Å². The van der Waals surface area contributed by atoms with E-state index in [0.29, 0.717) is 23.7 Å². The zero-order chi connectivity index (χ0) is 31.4. The average Bonchev–Trinajstić information content (AvgIpc) is 2.97. The molecule has 0 aromatic heterocycles. The van der Waals surface area contributed by atoms with Crippen LogP contribution in [0.15, 0.2) is 107 Å². The van der Waals surface area contributed by atoms with E-state index in [-0.39, 0.29) is 21.2 Å². The van der Waals surface area contributed by atoms with Crippen LogP contribution in [0.25, 0.3) is 0 Å². The van der Waals surface area contributed by atoms with Gasteiger partial charge in [0.2, 0.25) is 5.91 Å². The highest BCUT2D eigenvalue weighted by atomic mass is 35.5. The maximum atomic E-state index is 13.6. The summed E-state index contributed by atoms with van der Waals surface area (Å²) < 4.78 is 95.4. The number of para-hydroxylation sites is 1. The smallest absolute Gasteiger partial charge is 0.325 e. The van der Waals surface area contributed by atoms with Gasteiger partial charge in [-0.3, -0.25) is 13.8 Å². The highest BCUT2D eigenvalue weighted by Gasteiger charge is 2.34. The average molecular weight is 652 g/mol. The number of nitrogens with zero attached hydrogens (tertiary/aromatic N) is 1. The third-order valence-corrected chi connectivity index (χ3v) is 9.73. The zero-order valence-electron chi connectivity index (χ0n) is 22.5. The number of sulfonamides is 2. The Kier molecular flexibility index (Phi) is 9.38. The number of rotatable bonds is 10. The van der Waals surface area contributed by atoms with E-state index >= 15 is 0 Å². The van der Waals surface area contributed by atoms with E-state index < -0.39 is 49.3 Å². The first-order chi connectivity index (χ1) is 20.2. The van der Waals surface area contributed by atoms with Gasteiger partial charge in [0.1, 0.15) is 6.54 Å². The summed E-state index contributed by atoms with van der Waals surface area (Å²) in [6, 6.07) is 21.9. The Labute approximate surface area is 252 Å². The SMILES string of the molecule is CCc1ccccc1N(CC(=O)Nc1ccc(S(=O)(=O)Nc2ccc(Cl)c(C(F)(F)F)c2)cc1)S(=O)(=O)c1ccccc1. The van der Waals surface area contributed by atoms with Crippen LogP contribution in [-0.4, -0.2) is 29.3 Å². The van der Waals surface area contributed by atoms with Crippen molar-refractivity contribution in [1.29, 1.82) is 0 Å². The standard InChI is InChI=1S/C29H25ClF3N3O5S2/c1-2-20-8-6-7-11-27(20)36(43(40,41)24-9-4-3-5-10-24)19-28(37)34-21-12-15-23(16-13-21)42(38,39)35-22-14-17-26(30)25(18-22)29(31,32)33/h3-18,35H,2,19H2,1H3,(H,34,37). The van der Waals surface area contributed by atoms with E-state index in [1.54, 1.807) is 42.5 Å². The molecule has 226 valence electrons. The molecule has 0 aliphatic rings. The van der Waals surface area contributed by atoms with Crippen molar-refractivity contribution >= 4 is 54.6 Å². The lowest BCUT2D eigenvalue weighted by Gasteiger charge is -2.26. The first kappa shape index (κ1) is 31.9. The number of carbonyl (C=O) groups is 1. The number of hydrogen-bond acceptors (Lipinski definition) is 5. The summed E-state index contributed by atoms with van der Waals surface area (Å²) in [4.78, 5) is 12.8. The van der Waals surface area contributed by atoms with E-state index in [1.807, 2.05) is 6.92 Å². The van der Waals surface area contributed by atoms with Crippen molar-refractivity contribution in [2.45, 2.75) is 29.3 Å². The predicted octanol–water partition coefficient (Wildman–Crippen LogP) is 6.56. The first-order valence-corrected chi connectivity index (χ1v) is 16.0. The van der Waals surface area contributed by atoms with Crippen molar-refractivity contribution in [2.75, 3.05) is 20.9 Å². The number of halogens is 4. The minimum absolute atomic E-state index is 0.00110. The van der Waals surface area contributed by atoms with E-state index in [0.717, 1.165) is 28.6 Å². The van der Waals surface area contributed by atoms with Crippen molar-refractivity contribution in [3.8, 4) is 0 Å². The number of amides is 1. The largest absolute Gasteiger partial charge is 0.417 e. The van der Waals surface area contributed by atoms with Gasteiger partial charge >= 0.3 is 6.18 Å². The Bertz CT molecular complexity index is 1840. The van der Waals surface area contributed by atoms with Crippen molar-refractivity contribution < 1.29 is 34.8 Å². The summed E-state index contributed by atoms with van der Waals surface area (Å²) in [5, 5.41) is 1.98. The minimum atomic E-state index is -4.78. The Morgan fingerprint density at radius 2 is 1.42 bits per heavy atom. The second-order valence-corrected chi connectivity index (χ2v) is 13.1. The maximum Gasteiger partial charge on any atom is 0.417 e. The molecule has 14 heteroatoms. The monoisotopic (exact) mass is 651 g/mol. The van der Waals surface area contributed by atoms with Crippen molar-refractivity contribution in [1.82, 2.24) is 0 Å². The summed E-state index contributed by atoms with van der Waals surface area (Å²) in [6.45, 7) is 1.28. The lowest BCUT2D eigenvalue weighted by molar-refractivity contribution is -0.137. The minimum Gasteiger partial charge on any atom is -0.325 e. The predicted molar refractivity (Wildman–Crippen MR) is 159 cm³/mol. The molecule has 8 nitrogen and oxygen atoms in total. The van der Waals surface area contributed by atoms with Crippen LogP contribution in [0.5, 0.6) is 0 Å². The molecule has 0 aliphatic carbocycles. The molecule has 0 spiro atoms. The highest BCUT2D eigenvalue weighted by Crippen LogP contribution is 2.36. The molecule has 4 aromatic rings. The fraction of sp³-hybridized carbons (Fsp3) is 0.138. The number of benzene rings is 4.